The van der Waals surface area contributed by atoms with E-state index >= 15 is 0 Å². The first-order valence-electron chi connectivity index (χ1n) is 20.3. The van der Waals surface area contributed by atoms with E-state index in [1.165, 1.54) is 4.90 Å². The lowest BCUT2D eigenvalue weighted by atomic mass is 9.96. The van der Waals surface area contributed by atoms with Gasteiger partial charge in [0.2, 0.25) is 23.6 Å². The Morgan fingerprint density at radius 1 is 0.911 bits per heavy atom. The minimum Gasteiger partial charge on any atom is -0.491 e. The highest BCUT2D eigenvalue weighted by Crippen LogP contribution is 2.54. The summed E-state index contributed by atoms with van der Waals surface area (Å²) < 4.78 is 19.0. The van der Waals surface area contributed by atoms with E-state index in [2.05, 4.69) is 5.32 Å². The summed E-state index contributed by atoms with van der Waals surface area (Å²) in [6, 6.07) is 7.35. The second kappa shape index (κ2) is 16.1. The third kappa shape index (κ3) is 7.60. The molecule has 8 rings (SSSR count). The number of amides is 5. The fourth-order valence-electron chi connectivity index (χ4n) is 9.54. The molecule has 300 valence electrons. The Labute approximate surface area is 325 Å². The number of nitrogens with zero attached hydrogens (tertiary/aromatic N) is 4. The summed E-state index contributed by atoms with van der Waals surface area (Å²) >= 11 is 0. The Hall–Kier alpha value is -4.60. The summed E-state index contributed by atoms with van der Waals surface area (Å²) in [5.74, 6) is -0.430. The number of nitrogens with one attached hydrogen (secondary N) is 1. The van der Waals surface area contributed by atoms with E-state index in [1.807, 2.05) is 15.9 Å². The highest BCUT2D eigenvalue weighted by molar-refractivity contribution is 6.05. The van der Waals surface area contributed by atoms with E-state index in [0.29, 0.717) is 75.7 Å². The van der Waals surface area contributed by atoms with Crippen molar-refractivity contribution in [2.45, 2.75) is 119 Å². The molecule has 1 spiro atoms. The Morgan fingerprint density at radius 2 is 1.70 bits per heavy atom. The molecule has 3 N–H and O–H groups in total. The summed E-state index contributed by atoms with van der Waals surface area (Å²) in [5.41, 5.74) is 8.11. The van der Waals surface area contributed by atoms with Crippen LogP contribution in [0.25, 0.3) is 0 Å². The van der Waals surface area contributed by atoms with Gasteiger partial charge in [0.15, 0.2) is 0 Å². The molecule has 1 aromatic carbocycles. The number of nitrogens with two attached hydrogens (primary N) is 1. The molecule has 1 unspecified atom stereocenters. The molecule has 6 aliphatic rings. The molecule has 4 saturated heterocycles. The van der Waals surface area contributed by atoms with Crippen molar-refractivity contribution in [3.05, 3.63) is 63.6 Å². The first-order chi connectivity index (χ1) is 27.1. The van der Waals surface area contributed by atoms with Crippen molar-refractivity contribution in [2.24, 2.45) is 5.73 Å². The molecule has 5 fully saturated rings. The van der Waals surface area contributed by atoms with Crippen molar-refractivity contribution in [1.29, 1.82) is 0 Å². The van der Waals surface area contributed by atoms with Crippen LogP contribution >= 0.6 is 0 Å². The maximum absolute atomic E-state index is 14.1. The molecule has 5 atom stereocenters. The number of aromatic nitrogens is 1. The quantitative estimate of drug-likeness (QED) is 0.225. The molecule has 1 aliphatic carbocycles. The number of hydrogen-bond donors (Lipinski definition) is 2. The highest BCUT2D eigenvalue weighted by atomic mass is 16.5. The highest BCUT2D eigenvalue weighted by Gasteiger charge is 2.58. The number of benzene rings is 1. The zero-order valence-electron chi connectivity index (χ0n) is 31.8. The normalized spacial score (nSPS) is 26.9. The summed E-state index contributed by atoms with van der Waals surface area (Å²) in [6.45, 7) is 2.76. The van der Waals surface area contributed by atoms with Crippen molar-refractivity contribution in [3.63, 3.8) is 0 Å². The number of rotatable bonds is 13. The van der Waals surface area contributed by atoms with Gasteiger partial charge < -0.3 is 39.2 Å². The Bertz CT molecular complexity index is 1930. The summed E-state index contributed by atoms with van der Waals surface area (Å²) in [6.07, 6.45) is 10.2. The van der Waals surface area contributed by atoms with Crippen LogP contribution in [0.3, 0.4) is 0 Å². The molecular weight excluding hydrogens is 720 g/mol. The maximum Gasteiger partial charge on any atom is 0.255 e. The lowest BCUT2D eigenvalue weighted by molar-refractivity contribution is -0.147. The lowest BCUT2D eigenvalue weighted by Gasteiger charge is -2.36. The Kier molecular flexibility index (Phi) is 11.0. The monoisotopic (exact) mass is 772 g/mol. The zero-order valence-corrected chi connectivity index (χ0v) is 31.8. The molecule has 1 aromatic heterocycles. The van der Waals surface area contributed by atoms with Gasteiger partial charge in [-0.1, -0.05) is 18.9 Å². The average molecular weight is 773 g/mol. The lowest BCUT2D eigenvalue weighted by Crippen LogP contribution is -2.56. The van der Waals surface area contributed by atoms with E-state index in [4.69, 9.17) is 19.9 Å². The topological polar surface area (TPSA) is 183 Å². The fourth-order valence-corrected chi connectivity index (χ4v) is 9.54. The molecule has 6 heterocycles. The van der Waals surface area contributed by atoms with Gasteiger partial charge >= 0.3 is 0 Å². The van der Waals surface area contributed by atoms with Crippen LogP contribution in [0.5, 0.6) is 5.75 Å². The molecule has 56 heavy (non-hydrogen) atoms. The number of carbonyl (C=O) groups is 5. The second-order valence-corrected chi connectivity index (χ2v) is 16.2. The number of piperidine rings is 1. The van der Waals surface area contributed by atoms with E-state index in [-0.39, 0.29) is 66.3 Å². The molecule has 0 radical (unpaired) electrons. The minimum absolute atomic E-state index is 0.0488. The van der Waals surface area contributed by atoms with Crippen LogP contribution in [-0.2, 0) is 41.7 Å². The Morgan fingerprint density at radius 3 is 2.48 bits per heavy atom. The number of likely N-dealkylation sites (tertiary alicyclic amines) is 1. The summed E-state index contributed by atoms with van der Waals surface area (Å²) in [7, 11) is 0. The van der Waals surface area contributed by atoms with Crippen molar-refractivity contribution in [1.82, 2.24) is 24.6 Å². The number of fused-ring (bicyclic) bond motifs is 2. The van der Waals surface area contributed by atoms with Crippen molar-refractivity contribution < 1.29 is 38.2 Å². The van der Waals surface area contributed by atoms with E-state index in [9.17, 15) is 28.8 Å². The van der Waals surface area contributed by atoms with Crippen LogP contribution in [0, 0.1) is 0 Å². The van der Waals surface area contributed by atoms with E-state index in [0.717, 1.165) is 50.5 Å². The van der Waals surface area contributed by atoms with Gasteiger partial charge in [0.1, 0.15) is 24.4 Å². The predicted molar refractivity (Wildman–Crippen MR) is 201 cm³/mol. The number of hydrogen-bond acceptors (Lipinski definition) is 10. The predicted octanol–water partition coefficient (Wildman–Crippen LogP) is 1.83. The van der Waals surface area contributed by atoms with Gasteiger partial charge in [0, 0.05) is 60.4 Å². The van der Waals surface area contributed by atoms with Crippen molar-refractivity contribution in [3.8, 4) is 5.75 Å². The standard InChI is InChI=1S/C41H52N6O9/c42-31-6-2-1-4-28-8-9-33(47(28)39(31)52)40(53)46-24-27(23-41(46)13-14-41)26-12-15-44(36(49)22-26)16-17-54-18-19-55-20-21-56-34-7-3-5-29-30(34)25-45(38(29)51)32-10-11-35(48)43-37(32)50/h3,5,7,12,15,22,27-28,31-33H,1-2,4,6,8-11,13-14,16-21,23-25,42H2,(H,43,48,50)/t27-,28-,31-,32?,33-/m0/s1. The smallest absolute Gasteiger partial charge is 0.255 e. The third-order valence-electron chi connectivity index (χ3n) is 12.7. The van der Waals surface area contributed by atoms with E-state index in [1.54, 1.807) is 35.0 Å². The van der Waals surface area contributed by atoms with Gasteiger partial charge in [-0.2, -0.15) is 0 Å². The second-order valence-electron chi connectivity index (χ2n) is 16.2. The molecule has 5 aliphatic heterocycles. The summed E-state index contributed by atoms with van der Waals surface area (Å²) in [4.78, 5) is 82.9. The molecule has 2 aromatic rings. The van der Waals surface area contributed by atoms with Gasteiger partial charge in [-0.3, -0.25) is 34.1 Å². The number of imide groups is 1. The number of ether oxygens (including phenoxy) is 3. The van der Waals surface area contributed by atoms with Gasteiger partial charge in [-0.25, -0.2) is 0 Å². The largest absolute Gasteiger partial charge is 0.491 e. The average Bonchev–Trinajstić information content (AvgIpc) is 3.50. The first-order valence-corrected chi connectivity index (χ1v) is 20.3. The minimum atomic E-state index is -0.686. The molecule has 1 saturated carbocycles. The molecule has 15 heteroatoms. The van der Waals surface area contributed by atoms with Crippen LogP contribution in [0.2, 0.25) is 0 Å². The molecule has 5 amide bonds. The van der Waals surface area contributed by atoms with Crippen LogP contribution in [0.4, 0.5) is 0 Å². The van der Waals surface area contributed by atoms with Gasteiger partial charge in [-0.15, -0.1) is 0 Å². The number of carbonyl (C=O) groups excluding carboxylic acids is 5. The molecular formula is C41H52N6O9. The van der Waals surface area contributed by atoms with Crippen LogP contribution in [0.15, 0.2) is 41.3 Å². The zero-order chi connectivity index (χ0) is 39.0. The molecule has 0 bridgehead atoms. The van der Waals surface area contributed by atoms with Crippen LogP contribution in [-0.4, -0.2) is 118 Å². The maximum atomic E-state index is 14.1. The fraction of sp³-hybridized carbons (Fsp3) is 0.610. The first kappa shape index (κ1) is 38.3. The van der Waals surface area contributed by atoms with Crippen molar-refractivity contribution >= 4 is 29.5 Å². The van der Waals surface area contributed by atoms with Crippen LogP contribution in [0.1, 0.15) is 98.0 Å². The van der Waals surface area contributed by atoms with E-state index < -0.39 is 24.0 Å². The van der Waals surface area contributed by atoms with Crippen molar-refractivity contribution in [2.75, 3.05) is 39.6 Å². The third-order valence-corrected chi connectivity index (χ3v) is 12.7. The summed E-state index contributed by atoms with van der Waals surface area (Å²) in [5, 5.41) is 2.32. The molecule has 15 nitrogen and oxygen atoms in total. The Balaban J connectivity index is 0.756. The SMILES string of the molecule is N[C@H]1CCCC[C@H]2CC[C@@H](C(=O)N3C[C@@H](c4ccn(CCOCCOCCOc5cccc6c5CN(C5CCC(=O)NC5=O)C6=O)c(=O)c4)CC34CC4)N2C1=O. The number of pyridine rings is 1. The van der Waals surface area contributed by atoms with Gasteiger partial charge in [0.05, 0.1) is 39.0 Å². The van der Waals surface area contributed by atoms with Gasteiger partial charge in [-0.05, 0) is 75.1 Å². The van der Waals surface area contributed by atoms with Crippen LogP contribution < -0.4 is 21.3 Å². The van der Waals surface area contributed by atoms with Gasteiger partial charge in [0.25, 0.3) is 11.5 Å².